The van der Waals surface area contributed by atoms with Gasteiger partial charge in [-0.05, 0) is 37.1 Å². The number of fused-ring (bicyclic) bond motifs is 1. The molecule has 2 heterocycles. The minimum absolute atomic E-state index is 0.627. The average molecular weight is 344 g/mol. The third-order valence-electron chi connectivity index (χ3n) is 4.19. The van der Waals surface area contributed by atoms with E-state index < -0.39 is 0 Å². The molecule has 0 spiro atoms. The predicted molar refractivity (Wildman–Crippen MR) is 96.0 cm³/mol. The predicted octanol–water partition coefficient (Wildman–Crippen LogP) is 5.12. The molecule has 0 unspecified atom stereocenters. The van der Waals surface area contributed by atoms with Gasteiger partial charge in [0.1, 0.15) is 11.5 Å². The van der Waals surface area contributed by atoms with Crippen LogP contribution in [0.2, 0.25) is 10.0 Å². The van der Waals surface area contributed by atoms with E-state index in [1.807, 2.05) is 35.0 Å². The van der Waals surface area contributed by atoms with Gasteiger partial charge < -0.3 is 5.32 Å². The molecule has 0 saturated carbocycles. The first kappa shape index (κ1) is 14.6. The Kier molecular flexibility index (Phi) is 3.55. The summed E-state index contributed by atoms with van der Waals surface area (Å²) < 4.78 is 1.96. The Hall–Kier alpha value is -1.97. The maximum Gasteiger partial charge on any atom is 0.133 e. The number of aryl methyl sites for hydroxylation is 1. The van der Waals surface area contributed by atoms with E-state index in [0.29, 0.717) is 10.0 Å². The smallest absolute Gasteiger partial charge is 0.133 e. The zero-order valence-electron chi connectivity index (χ0n) is 12.6. The van der Waals surface area contributed by atoms with Crippen LogP contribution >= 0.6 is 23.2 Å². The zero-order valence-corrected chi connectivity index (χ0v) is 14.1. The fourth-order valence-corrected chi connectivity index (χ4v) is 3.65. The summed E-state index contributed by atoms with van der Waals surface area (Å²) in [5.74, 6) is 1.03. The summed E-state index contributed by atoms with van der Waals surface area (Å²) >= 11 is 12.8. The normalized spacial score (nSPS) is 13.0. The van der Waals surface area contributed by atoms with Crippen molar-refractivity contribution in [3.63, 3.8) is 0 Å². The van der Waals surface area contributed by atoms with Crippen LogP contribution in [0.4, 0.5) is 5.82 Å². The standard InChI is InChI=1S/C18H15Cl2N3/c1-11-5-2-3-8-15(11)23-18-12(9-10-21-18)17(22-23)16-13(19)6-4-7-14(16)20/h2-8,21H,9-10H2,1H3. The van der Waals surface area contributed by atoms with Gasteiger partial charge in [-0.25, -0.2) is 4.68 Å². The average Bonchev–Trinajstić information content (AvgIpc) is 3.11. The van der Waals surface area contributed by atoms with Gasteiger partial charge in [0, 0.05) is 17.7 Å². The van der Waals surface area contributed by atoms with Crippen LogP contribution in [0.1, 0.15) is 11.1 Å². The topological polar surface area (TPSA) is 29.9 Å². The number of nitrogens with one attached hydrogen (secondary N) is 1. The molecule has 0 saturated heterocycles. The van der Waals surface area contributed by atoms with E-state index in [2.05, 4.69) is 24.4 Å². The van der Waals surface area contributed by atoms with Gasteiger partial charge in [-0.2, -0.15) is 5.10 Å². The molecule has 116 valence electrons. The molecular formula is C18H15Cl2N3. The van der Waals surface area contributed by atoms with Crippen LogP contribution in [-0.2, 0) is 6.42 Å². The van der Waals surface area contributed by atoms with E-state index in [0.717, 1.165) is 35.7 Å². The SMILES string of the molecule is Cc1ccccc1-n1nc(-c2c(Cl)cccc2Cl)c2c1NCC2. The van der Waals surface area contributed by atoms with Crippen molar-refractivity contribution in [1.82, 2.24) is 9.78 Å². The lowest BCUT2D eigenvalue weighted by molar-refractivity contribution is 0.875. The van der Waals surface area contributed by atoms with E-state index in [1.54, 1.807) is 0 Å². The molecule has 4 rings (SSSR count). The van der Waals surface area contributed by atoms with Crippen LogP contribution in [0.3, 0.4) is 0 Å². The highest BCUT2D eigenvalue weighted by Gasteiger charge is 2.26. The molecule has 0 atom stereocenters. The number of hydrogen-bond acceptors (Lipinski definition) is 2. The number of para-hydroxylation sites is 1. The molecular weight excluding hydrogens is 329 g/mol. The van der Waals surface area contributed by atoms with E-state index in [4.69, 9.17) is 28.3 Å². The van der Waals surface area contributed by atoms with Gasteiger partial charge in [0.15, 0.2) is 0 Å². The Labute approximate surface area is 144 Å². The Morgan fingerprint density at radius 3 is 2.52 bits per heavy atom. The Morgan fingerprint density at radius 2 is 1.78 bits per heavy atom. The molecule has 0 amide bonds. The third kappa shape index (κ3) is 2.32. The van der Waals surface area contributed by atoms with Crippen LogP contribution < -0.4 is 5.32 Å². The number of hydrogen-bond donors (Lipinski definition) is 1. The second-order valence-electron chi connectivity index (χ2n) is 5.65. The zero-order chi connectivity index (χ0) is 16.0. The molecule has 0 bridgehead atoms. The fraction of sp³-hybridized carbons (Fsp3) is 0.167. The molecule has 0 radical (unpaired) electrons. The Morgan fingerprint density at radius 1 is 1.04 bits per heavy atom. The van der Waals surface area contributed by atoms with Crippen molar-refractivity contribution >= 4 is 29.0 Å². The van der Waals surface area contributed by atoms with Gasteiger partial charge in [0.05, 0.1) is 15.7 Å². The van der Waals surface area contributed by atoms with E-state index in [9.17, 15) is 0 Å². The van der Waals surface area contributed by atoms with Crippen molar-refractivity contribution in [3.05, 3.63) is 63.6 Å². The number of halogens is 2. The van der Waals surface area contributed by atoms with Crippen molar-refractivity contribution in [2.75, 3.05) is 11.9 Å². The second-order valence-corrected chi connectivity index (χ2v) is 6.46. The van der Waals surface area contributed by atoms with Gasteiger partial charge >= 0.3 is 0 Å². The number of rotatable bonds is 2. The highest BCUT2D eigenvalue weighted by atomic mass is 35.5. The van der Waals surface area contributed by atoms with Crippen molar-refractivity contribution < 1.29 is 0 Å². The second kappa shape index (κ2) is 5.59. The molecule has 5 heteroatoms. The Balaban J connectivity index is 1.98. The molecule has 0 aliphatic carbocycles. The number of anilines is 1. The maximum absolute atomic E-state index is 6.40. The fourth-order valence-electron chi connectivity index (χ4n) is 3.07. The van der Waals surface area contributed by atoms with Crippen molar-refractivity contribution in [3.8, 4) is 16.9 Å². The van der Waals surface area contributed by atoms with E-state index in [-0.39, 0.29) is 0 Å². The number of aromatic nitrogens is 2. The number of nitrogens with zero attached hydrogens (tertiary/aromatic N) is 2. The summed E-state index contributed by atoms with van der Waals surface area (Å²) in [6, 6.07) is 13.8. The van der Waals surface area contributed by atoms with Crippen molar-refractivity contribution in [2.45, 2.75) is 13.3 Å². The lowest BCUT2D eigenvalue weighted by atomic mass is 10.1. The molecule has 3 nitrogen and oxygen atoms in total. The summed E-state index contributed by atoms with van der Waals surface area (Å²) in [7, 11) is 0. The van der Waals surface area contributed by atoms with E-state index in [1.165, 1.54) is 11.1 Å². The van der Waals surface area contributed by atoms with Gasteiger partial charge in [0.2, 0.25) is 0 Å². The Bertz CT molecular complexity index is 879. The van der Waals surface area contributed by atoms with Crippen molar-refractivity contribution in [1.29, 1.82) is 0 Å². The van der Waals surface area contributed by atoms with Crippen LogP contribution in [0.25, 0.3) is 16.9 Å². The highest BCUT2D eigenvalue weighted by molar-refractivity contribution is 6.39. The lowest BCUT2D eigenvalue weighted by Crippen LogP contribution is -2.05. The number of benzene rings is 2. The molecule has 2 aromatic carbocycles. The monoisotopic (exact) mass is 343 g/mol. The van der Waals surface area contributed by atoms with Gasteiger partial charge in [-0.3, -0.25) is 0 Å². The van der Waals surface area contributed by atoms with Crippen LogP contribution in [0.15, 0.2) is 42.5 Å². The van der Waals surface area contributed by atoms with Crippen LogP contribution in [0, 0.1) is 6.92 Å². The van der Waals surface area contributed by atoms with Gasteiger partial charge in [0.25, 0.3) is 0 Å². The minimum atomic E-state index is 0.627. The molecule has 3 aromatic rings. The summed E-state index contributed by atoms with van der Waals surface area (Å²) in [4.78, 5) is 0. The molecule has 23 heavy (non-hydrogen) atoms. The largest absolute Gasteiger partial charge is 0.369 e. The summed E-state index contributed by atoms with van der Waals surface area (Å²) in [6.45, 7) is 2.98. The summed E-state index contributed by atoms with van der Waals surface area (Å²) in [5.41, 5.74) is 5.08. The molecule has 1 aliphatic heterocycles. The molecule has 1 N–H and O–H groups in total. The van der Waals surface area contributed by atoms with Gasteiger partial charge in [-0.15, -0.1) is 0 Å². The summed E-state index contributed by atoms with van der Waals surface area (Å²) in [5, 5.41) is 9.53. The van der Waals surface area contributed by atoms with E-state index >= 15 is 0 Å². The molecule has 1 aromatic heterocycles. The van der Waals surface area contributed by atoms with Crippen LogP contribution in [0.5, 0.6) is 0 Å². The first-order valence-corrected chi connectivity index (χ1v) is 8.28. The highest BCUT2D eigenvalue weighted by Crippen LogP contribution is 2.41. The summed E-state index contributed by atoms with van der Waals surface area (Å²) in [6.07, 6.45) is 0.915. The first-order chi connectivity index (χ1) is 11.2. The van der Waals surface area contributed by atoms with Gasteiger partial charge in [-0.1, -0.05) is 47.5 Å². The van der Waals surface area contributed by atoms with Crippen molar-refractivity contribution in [2.24, 2.45) is 0 Å². The third-order valence-corrected chi connectivity index (χ3v) is 4.82. The molecule has 1 aliphatic rings. The minimum Gasteiger partial charge on any atom is -0.369 e. The quantitative estimate of drug-likeness (QED) is 0.699. The first-order valence-electron chi connectivity index (χ1n) is 7.53. The maximum atomic E-state index is 6.40. The molecule has 0 fully saturated rings. The van der Waals surface area contributed by atoms with Crippen LogP contribution in [-0.4, -0.2) is 16.3 Å². The lowest BCUT2D eigenvalue weighted by Gasteiger charge is -2.09.